The van der Waals surface area contributed by atoms with Gasteiger partial charge in [-0.25, -0.2) is 4.79 Å². The van der Waals surface area contributed by atoms with Crippen molar-refractivity contribution in [3.63, 3.8) is 0 Å². The summed E-state index contributed by atoms with van der Waals surface area (Å²) in [5.41, 5.74) is -1.21. The molecule has 0 fully saturated rings. The number of nitrogens with zero attached hydrogens (tertiary/aromatic N) is 1. The van der Waals surface area contributed by atoms with E-state index in [1.54, 1.807) is 0 Å². The van der Waals surface area contributed by atoms with E-state index in [-0.39, 0.29) is 16.5 Å². The molecule has 0 spiro atoms. The Kier molecular flexibility index (Phi) is 7.91. The third kappa shape index (κ3) is 6.15. The van der Waals surface area contributed by atoms with Crippen LogP contribution < -0.4 is 19.5 Å². The van der Waals surface area contributed by atoms with E-state index in [4.69, 9.17) is 25.8 Å². The van der Waals surface area contributed by atoms with Crippen LogP contribution in [0, 0.1) is 10.1 Å². The van der Waals surface area contributed by atoms with Gasteiger partial charge < -0.3 is 24.3 Å². The Morgan fingerprint density at radius 2 is 1.81 bits per heavy atom. The molecule has 0 aliphatic heterocycles. The number of benzene rings is 2. The van der Waals surface area contributed by atoms with Crippen LogP contribution in [0.5, 0.6) is 17.2 Å². The number of nitrogens with one attached hydrogen (secondary N) is 1. The van der Waals surface area contributed by atoms with Crippen molar-refractivity contribution in [1.82, 2.24) is 0 Å². The number of halogens is 3. The Labute approximate surface area is 178 Å². The molecule has 0 unspecified atom stereocenters. The maximum atomic E-state index is 12.5. The minimum Gasteiger partial charge on any atom is -0.495 e. The van der Waals surface area contributed by atoms with E-state index in [1.807, 2.05) is 0 Å². The first-order chi connectivity index (χ1) is 14.7. The molecule has 0 aromatic heterocycles. The van der Waals surface area contributed by atoms with Gasteiger partial charge in [0, 0.05) is 11.8 Å². The van der Waals surface area contributed by atoms with Crippen LogP contribution in [0.4, 0.5) is 20.2 Å². The number of carbonyl (C=O) groups excluding carboxylic acids is 2. The molecule has 0 radical (unpaired) electrons. The van der Waals surface area contributed by atoms with E-state index in [1.165, 1.54) is 25.3 Å². The van der Waals surface area contributed by atoms with Crippen molar-refractivity contribution in [1.29, 1.82) is 0 Å². The van der Waals surface area contributed by atoms with Gasteiger partial charge in [0.15, 0.2) is 18.1 Å². The number of alkyl halides is 2. The molecular weight excluding hydrogens is 446 g/mol. The second-order valence-corrected chi connectivity index (χ2v) is 6.04. The van der Waals surface area contributed by atoms with E-state index < -0.39 is 47.0 Å². The molecule has 0 heterocycles. The van der Waals surface area contributed by atoms with E-state index in [2.05, 4.69) is 10.1 Å². The molecule has 0 aliphatic rings. The fraction of sp³-hybridized carbons (Fsp3) is 0.222. The Morgan fingerprint density at radius 1 is 1.13 bits per heavy atom. The number of hydrogen-bond donors (Lipinski definition) is 1. The van der Waals surface area contributed by atoms with E-state index in [9.17, 15) is 28.5 Å². The number of rotatable bonds is 9. The Bertz CT molecular complexity index is 1000. The molecule has 13 heteroatoms. The minimum absolute atomic E-state index is 0.228. The standard InChI is InChI=1S/C18H15ClF2N2O8/c1-28-13-4-3-9(5-11(13)19)22-16(24)8-30-17(25)10-6-14(29-2)15(31-18(20)21)7-12(10)23(26)27/h3-7,18H,8H2,1-2H3,(H,22,24). The van der Waals surface area contributed by atoms with Crippen molar-refractivity contribution < 1.29 is 42.2 Å². The Balaban J connectivity index is 2.14. The fourth-order valence-corrected chi connectivity index (χ4v) is 2.62. The summed E-state index contributed by atoms with van der Waals surface area (Å²) in [5, 5.41) is 13.9. The second kappa shape index (κ2) is 10.4. The van der Waals surface area contributed by atoms with Crippen LogP contribution in [0.15, 0.2) is 30.3 Å². The van der Waals surface area contributed by atoms with E-state index >= 15 is 0 Å². The summed E-state index contributed by atoms with van der Waals surface area (Å²) in [7, 11) is 2.50. The third-order valence-electron chi connectivity index (χ3n) is 3.68. The molecule has 0 aliphatic carbocycles. The number of anilines is 1. The van der Waals surface area contributed by atoms with Gasteiger partial charge >= 0.3 is 12.6 Å². The van der Waals surface area contributed by atoms with Gasteiger partial charge in [0.05, 0.1) is 30.2 Å². The first-order valence-corrected chi connectivity index (χ1v) is 8.65. The smallest absolute Gasteiger partial charge is 0.387 e. The lowest BCUT2D eigenvalue weighted by Gasteiger charge is -2.12. The summed E-state index contributed by atoms with van der Waals surface area (Å²) in [5.74, 6) is -2.64. The molecule has 1 N–H and O–H groups in total. The number of methoxy groups -OCH3 is 2. The molecule has 2 rings (SSSR count). The minimum atomic E-state index is -3.28. The van der Waals surface area contributed by atoms with Gasteiger partial charge in [0.1, 0.15) is 11.3 Å². The number of nitro benzene ring substituents is 1. The monoisotopic (exact) mass is 460 g/mol. The Hall–Kier alpha value is -3.67. The highest BCUT2D eigenvalue weighted by molar-refractivity contribution is 6.32. The van der Waals surface area contributed by atoms with Crippen molar-refractivity contribution in [3.05, 3.63) is 51.0 Å². The molecule has 2 aromatic carbocycles. The topological polar surface area (TPSA) is 126 Å². The first-order valence-electron chi connectivity index (χ1n) is 8.28. The molecule has 31 heavy (non-hydrogen) atoms. The van der Waals surface area contributed by atoms with Crippen LogP contribution in [-0.2, 0) is 9.53 Å². The van der Waals surface area contributed by atoms with Crippen LogP contribution in [0.2, 0.25) is 5.02 Å². The average Bonchev–Trinajstić information content (AvgIpc) is 2.71. The maximum Gasteiger partial charge on any atom is 0.387 e. The summed E-state index contributed by atoms with van der Waals surface area (Å²) in [6.45, 7) is -4.07. The molecule has 0 saturated carbocycles. The summed E-state index contributed by atoms with van der Waals surface area (Å²) in [6, 6.07) is 5.79. The number of carbonyl (C=O) groups is 2. The SMILES string of the molecule is COc1ccc(NC(=O)COC(=O)c2cc(OC)c(OC(F)F)cc2[N+](=O)[O-])cc1Cl. The zero-order valence-corrected chi connectivity index (χ0v) is 16.8. The van der Waals surface area contributed by atoms with Crippen LogP contribution in [0.25, 0.3) is 0 Å². The lowest BCUT2D eigenvalue weighted by atomic mass is 10.1. The predicted molar refractivity (Wildman–Crippen MR) is 103 cm³/mol. The lowest BCUT2D eigenvalue weighted by molar-refractivity contribution is -0.385. The second-order valence-electron chi connectivity index (χ2n) is 5.63. The largest absolute Gasteiger partial charge is 0.495 e. The maximum absolute atomic E-state index is 12.5. The van der Waals surface area contributed by atoms with Crippen LogP contribution in [-0.4, -0.2) is 44.2 Å². The van der Waals surface area contributed by atoms with E-state index in [0.717, 1.165) is 13.2 Å². The van der Waals surface area contributed by atoms with E-state index in [0.29, 0.717) is 11.8 Å². The van der Waals surface area contributed by atoms with Crippen LogP contribution >= 0.6 is 11.6 Å². The highest BCUT2D eigenvalue weighted by Gasteiger charge is 2.27. The van der Waals surface area contributed by atoms with Crippen molar-refractivity contribution in [2.24, 2.45) is 0 Å². The fourth-order valence-electron chi connectivity index (χ4n) is 2.36. The molecule has 0 atom stereocenters. The van der Waals surface area contributed by atoms with Gasteiger partial charge in [-0.15, -0.1) is 0 Å². The summed E-state index contributed by atoms with van der Waals surface area (Å²) < 4.78 is 43.7. The van der Waals surface area contributed by atoms with Crippen molar-refractivity contribution in [2.45, 2.75) is 6.61 Å². The van der Waals surface area contributed by atoms with Crippen LogP contribution in [0.3, 0.4) is 0 Å². The molecule has 166 valence electrons. The summed E-state index contributed by atoms with van der Waals surface area (Å²) in [6.07, 6.45) is 0. The lowest BCUT2D eigenvalue weighted by Crippen LogP contribution is -2.21. The molecule has 2 aromatic rings. The number of nitro groups is 1. The Morgan fingerprint density at radius 3 is 2.35 bits per heavy atom. The van der Waals surface area contributed by atoms with Gasteiger partial charge in [-0.1, -0.05) is 11.6 Å². The van der Waals surface area contributed by atoms with Gasteiger partial charge in [-0.05, 0) is 18.2 Å². The average molecular weight is 461 g/mol. The normalized spacial score (nSPS) is 10.4. The number of hydrogen-bond acceptors (Lipinski definition) is 8. The van der Waals surface area contributed by atoms with Gasteiger partial charge in [-0.2, -0.15) is 8.78 Å². The molecular formula is C18H15ClF2N2O8. The number of esters is 1. The third-order valence-corrected chi connectivity index (χ3v) is 3.98. The van der Waals surface area contributed by atoms with Gasteiger partial charge in [0.25, 0.3) is 11.6 Å². The van der Waals surface area contributed by atoms with Gasteiger partial charge in [-0.3, -0.25) is 14.9 Å². The number of ether oxygens (including phenoxy) is 4. The number of amides is 1. The zero-order valence-electron chi connectivity index (χ0n) is 16.0. The summed E-state index contributed by atoms with van der Waals surface area (Å²) in [4.78, 5) is 34.5. The van der Waals surface area contributed by atoms with Gasteiger partial charge in [0.2, 0.25) is 0 Å². The predicted octanol–water partition coefficient (Wildman–Crippen LogP) is 3.66. The summed E-state index contributed by atoms with van der Waals surface area (Å²) >= 11 is 5.95. The van der Waals surface area contributed by atoms with Crippen molar-refractivity contribution in [3.8, 4) is 17.2 Å². The highest BCUT2D eigenvalue weighted by Crippen LogP contribution is 2.36. The van der Waals surface area contributed by atoms with Crippen molar-refractivity contribution >= 4 is 34.9 Å². The quantitative estimate of drug-likeness (QED) is 0.341. The zero-order chi connectivity index (χ0) is 23.1. The van der Waals surface area contributed by atoms with Crippen LogP contribution in [0.1, 0.15) is 10.4 Å². The molecule has 1 amide bonds. The highest BCUT2D eigenvalue weighted by atomic mass is 35.5. The molecule has 0 bridgehead atoms. The van der Waals surface area contributed by atoms with Crippen molar-refractivity contribution in [2.75, 3.05) is 26.1 Å². The molecule has 10 nitrogen and oxygen atoms in total. The molecule has 0 saturated heterocycles. The first kappa shape index (κ1) is 23.6.